The van der Waals surface area contributed by atoms with E-state index in [-0.39, 0.29) is 29.9 Å². The summed E-state index contributed by atoms with van der Waals surface area (Å²) >= 11 is 0. The molecule has 0 atom stereocenters. The van der Waals surface area contributed by atoms with Gasteiger partial charge in [-0.1, -0.05) is 26.0 Å². The maximum atomic E-state index is 11.6. The Labute approximate surface area is 161 Å². The van der Waals surface area contributed by atoms with Crippen molar-refractivity contribution in [1.29, 1.82) is 0 Å². The number of esters is 1. The molecule has 1 aromatic rings. The zero-order chi connectivity index (χ0) is 16.9. The topological polar surface area (TPSA) is 53.9 Å². The molecule has 0 saturated carbocycles. The van der Waals surface area contributed by atoms with Gasteiger partial charge < -0.3 is 15.0 Å². The predicted octanol–water partition coefficient (Wildman–Crippen LogP) is 3.29. The third kappa shape index (κ3) is 5.65. The molecule has 0 aliphatic carbocycles. The summed E-state index contributed by atoms with van der Waals surface area (Å²) in [5.74, 6) is 0.659. The number of halogens is 1. The molecule has 0 unspecified atom stereocenters. The summed E-state index contributed by atoms with van der Waals surface area (Å²) in [4.78, 5) is 18.3. The van der Waals surface area contributed by atoms with Crippen LogP contribution in [0.2, 0.25) is 0 Å². The molecular weight excluding hydrogens is 417 g/mol. The van der Waals surface area contributed by atoms with E-state index in [1.54, 1.807) is 19.1 Å². The monoisotopic (exact) mass is 445 g/mol. The first-order valence-corrected chi connectivity index (χ1v) is 8.17. The van der Waals surface area contributed by atoms with Crippen LogP contribution >= 0.6 is 24.0 Å². The van der Waals surface area contributed by atoms with Crippen molar-refractivity contribution >= 4 is 35.9 Å². The Bertz CT molecular complexity index is 570. The van der Waals surface area contributed by atoms with Gasteiger partial charge in [-0.15, -0.1) is 24.0 Å². The summed E-state index contributed by atoms with van der Waals surface area (Å²) in [5, 5.41) is 3.40. The number of nitrogens with zero attached hydrogens (tertiary/aromatic N) is 2. The Morgan fingerprint density at radius 2 is 2.00 bits per heavy atom. The zero-order valence-corrected chi connectivity index (χ0v) is 17.3. The molecule has 0 spiro atoms. The maximum absolute atomic E-state index is 11.6. The summed E-state index contributed by atoms with van der Waals surface area (Å²) in [6.45, 7) is 9.52. The summed E-state index contributed by atoms with van der Waals surface area (Å²) < 4.78 is 4.99. The normalized spacial score (nSPS) is 16.5. The second-order valence-corrected chi connectivity index (χ2v) is 6.65. The molecule has 1 N–H and O–H groups in total. The largest absolute Gasteiger partial charge is 0.462 e. The lowest BCUT2D eigenvalue weighted by Gasteiger charge is -2.23. The van der Waals surface area contributed by atoms with Gasteiger partial charge in [-0.3, -0.25) is 4.99 Å². The minimum Gasteiger partial charge on any atom is -0.462 e. The van der Waals surface area contributed by atoms with Crippen molar-refractivity contribution in [3.63, 3.8) is 0 Å². The van der Waals surface area contributed by atoms with Gasteiger partial charge in [-0.2, -0.15) is 0 Å². The molecule has 0 amide bonds. The highest BCUT2D eigenvalue weighted by atomic mass is 127. The number of likely N-dealkylation sites (tertiary alicyclic amines) is 1. The van der Waals surface area contributed by atoms with E-state index in [4.69, 9.17) is 4.74 Å². The van der Waals surface area contributed by atoms with Crippen LogP contribution in [0.15, 0.2) is 29.3 Å². The van der Waals surface area contributed by atoms with Crippen LogP contribution in [0.25, 0.3) is 0 Å². The molecule has 134 valence electrons. The van der Waals surface area contributed by atoms with Crippen LogP contribution in [0.3, 0.4) is 0 Å². The lowest BCUT2D eigenvalue weighted by molar-refractivity contribution is 0.0526. The van der Waals surface area contributed by atoms with E-state index in [0.29, 0.717) is 24.1 Å². The number of hydrogen-bond donors (Lipinski definition) is 1. The summed E-state index contributed by atoms with van der Waals surface area (Å²) in [6.07, 6.45) is 1.18. The van der Waals surface area contributed by atoms with Gasteiger partial charge in [0.25, 0.3) is 0 Å². The van der Waals surface area contributed by atoms with Crippen molar-refractivity contribution in [2.75, 3.05) is 26.7 Å². The third-order valence-electron chi connectivity index (χ3n) is 4.10. The lowest BCUT2D eigenvalue weighted by atomic mass is 9.93. The summed E-state index contributed by atoms with van der Waals surface area (Å²) in [7, 11) is 1.82. The van der Waals surface area contributed by atoms with Gasteiger partial charge in [0.2, 0.25) is 0 Å². The molecule has 24 heavy (non-hydrogen) atoms. The first-order chi connectivity index (χ1) is 10.9. The molecule has 1 aliphatic rings. The number of benzene rings is 1. The van der Waals surface area contributed by atoms with Crippen molar-refractivity contribution in [2.24, 2.45) is 10.4 Å². The van der Waals surface area contributed by atoms with Gasteiger partial charge in [-0.25, -0.2) is 4.79 Å². The predicted molar refractivity (Wildman–Crippen MR) is 108 cm³/mol. The quantitative estimate of drug-likeness (QED) is 0.335. The number of carbonyl (C=O) groups excluding carboxylic acids is 1. The Balaban J connectivity index is 0.00000288. The number of guanidine groups is 1. The number of rotatable bonds is 4. The number of ether oxygens (including phenoxy) is 1. The fraction of sp³-hybridized carbons (Fsp3) is 0.556. The molecule has 0 aromatic heterocycles. The molecule has 1 fully saturated rings. The van der Waals surface area contributed by atoms with Crippen LogP contribution in [-0.4, -0.2) is 43.6 Å². The van der Waals surface area contributed by atoms with Crippen molar-refractivity contribution in [2.45, 2.75) is 33.7 Å². The van der Waals surface area contributed by atoms with Crippen LogP contribution < -0.4 is 5.32 Å². The Morgan fingerprint density at radius 3 is 2.50 bits per heavy atom. The summed E-state index contributed by atoms with van der Waals surface area (Å²) in [6, 6.07) is 7.49. The van der Waals surface area contributed by atoms with Crippen LogP contribution in [0, 0.1) is 5.41 Å². The van der Waals surface area contributed by atoms with Crippen molar-refractivity contribution in [3.8, 4) is 0 Å². The minimum atomic E-state index is -0.276. The fourth-order valence-electron chi connectivity index (χ4n) is 2.78. The van der Waals surface area contributed by atoms with Crippen molar-refractivity contribution < 1.29 is 9.53 Å². The molecule has 1 aliphatic heterocycles. The highest BCUT2D eigenvalue weighted by molar-refractivity contribution is 14.0. The number of aliphatic imine (C=N–C) groups is 1. The lowest BCUT2D eigenvalue weighted by Crippen LogP contribution is -2.40. The van der Waals surface area contributed by atoms with Crippen LogP contribution in [-0.2, 0) is 11.3 Å². The average Bonchev–Trinajstić information content (AvgIpc) is 2.89. The maximum Gasteiger partial charge on any atom is 0.338 e. The van der Waals surface area contributed by atoms with Crippen LogP contribution in [0.1, 0.15) is 43.1 Å². The Morgan fingerprint density at radius 1 is 1.33 bits per heavy atom. The number of hydrogen-bond acceptors (Lipinski definition) is 3. The average molecular weight is 445 g/mol. The molecule has 0 radical (unpaired) electrons. The van der Waals surface area contributed by atoms with E-state index in [1.807, 2.05) is 19.2 Å². The summed E-state index contributed by atoms with van der Waals surface area (Å²) in [5.41, 5.74) is 2.04. The standard InChI is InChI=1S/C18H27N3O2.HI/c1-5-23-16(22)15-8-6-14(7-9-15)12-20-17(19-4)21-11-10-18(2,3)13-21;/h6-9H,5,10-13H2,1-4H3,(H,19,20);1H. The van der Waals surface area contributed by atoms with E-state index < -0.39 is 0 Å². The number of nitrogens with one attached hydrogen (secondary N) is 1. The molecule has 6 heteroatoms. The third-order valence-corrected chi connectivity index (χ3v) is 4.10. The Kier molecular flexibility index (Phi) is 7.99. The molecule has 1 aromatic carbocycles. The Hall–Kier alpha value is -1.31. The zero-order valence-electron chi connectivity index (χ0n) is 15.0. The SMILES string of the molecule is CCOC(=O)c1ccc(CNC(=NC)N2CCC(C)(C)C2)cc1.I. The number of carbonyl (C=O) groups is 1. The van der Waals surface area contributed by atoms with Gasteiger partial charge in [0.15, 0.2) is 5.96 Å². The van der Waals surface area contributed by atoms with E-state index in [0.717, 1.165) is 24.6 Å². The van der Waals surface area contributed by atoms with Crippen molar-refractivity contribution in [3.05, 3.63) is 35.4 Å². The molecule has 1 saturated heterocycles. The minimum absolute atomic E-state index is 0. The van der Waals surface area contributed by atoms with E-state index >= 15 is 0 Å². The smallest absolute Gasteiger partial charge is 0.338 e. The molecule has 0 bridgehead atoms. The molecule has 5 nitrogen and oxygen atoms in total. The molecule has 1 heterocycles. The first-order valence-electron chi connectivity index (χ1n) is 8.17. The first kappa shape index (κ1) is 20.7. The van der Waals surface area contributed by atoms with Gasteiger partial charge in [-0.05, 0) is 36.5 Å². The van der Waals surface area contributed by atoms with Gasteiger partial charge in [0.1, 0.15) is 0 Å². The second kappa shape index (κ2) is 9.25. The highest BCUT2D eigenvalue weighted by Crippen LogP contribution is 2.28. The van der Waals surface area contributed by atoms with Gasteiger partial charge in [0.05, 0.1) is 12.2 Å². The molecule has 2 rings (SSSR count). The van der Waals surface area contributed by atoms with Crippen molar-refractivity contribution in [1.82, 2.24) is 10.2 Å². The van der Waals surface area contributed by atoms with E-state index in [2.05, 4.69) is 29.1 Å². The van der Waals surface area contributed by atoms with Gasteiger partial charge in [0, 0.05) is 26.7 Å². The second-order valence-electron chi connectivity index (χ2n) is 6.65. The van der Waals surface area contributed by atoms with Crippen LogP contribution in [0.4, 0.5) is 0 Å². The fourth-order valence-corrected chi connectivity index (χ4v) is 2.78. The van der Waals surface area contributed by atoms with Crippen LogP contribution in [0.5, 0.6) is 0 Å². The van der Waals surface area contributed by atoms with E-state index in [1.165, 1.54) is 6.42 Å². The van der Waals surface area contributed by atoms with Gasteiger partial charge >= 0.3 is 5.97 Å². The van der Waals surface area contributed by atoms with E-state index in [9.17, 15) is 4.79 Å². The highest BCUT2D eigenvalue weighted by Gasteiger charge is 2.30. The molecular formula is C18H28IN3O2.